The van der Waals surface area contributed by atoms with Crippen LogP contribution in [0.5, 0.6) is 0 Å². The standard InChI is InChI=1S/C11H11NO2/c1-2-8-14-9-12-11(13)10-6-4-3-5-7-10/h1,3-7H,8-9H2,(H,12,13). The number of terminal acetylenes is 1. The summed E-state index contributed by atoms with van der Waals surface area (Å²) in [6.45, 7) is 0.340. The van der Waals surface area contributed by atoms with E-state index in [0.29, 0.717) is 5.56 Å². The number of carbonyl (C=O) groups excluding carboxylic acids is 1. The molecular weight excluding hydrogens is 178 g/mol. The maximum atomic E-state index is 11.4. The molecule has 0 spiro atoms. The molecule has 14 heavy (non-hydrogen) atoms. The molecule has 1 amide bonds. The summed E-state index contributed by atoms with van der Waals surface area (Å²) in [7, 11) is 0. The molecule has 0 fully saturated rings. The fraction of sp³-hybridized carbons (Fsp3) is 0.182. The van der Waals surface area contributed by atoms with Gasteiger partial charge in [-0.1, -0.05) is 24.1 Å². The highest BCUT2D eigenvalue weighted by molar-refractivity contribution is 5.93. The summed E-state index contributed by atoms with van der Waals surface area (Å²) < 4.78 is 4.91. The number of nitrogens with one attached hydrogen (secondary N) is 1. The second-order valence-corrected chi connectivity index (χ2v) is 2.57. The van der Waals surface area contributed by atoms with Crippen LogP contribution >= 0.6 is 0 Å². The minimum Gasteiger partial charge on any atom is -0.349 e. The van der Waals surface area contributed by atoms with E-state index in [1.807, 2.05) is 6.07 Å². The number of amides is 1. The van der Waals surface area contributed by atoms with E-state index < -0.39 is 0 Å². The number of benzene rings is 1. The molecule has 0 radical (unpaired) electrons. The van der Waals surface area contributed by atoms with E-state index in [2.05, 4.69) is 11.2 Å². The molecule has 0 heterocycles. The largest absolute Gasteiger partial charge is 0.349 e. The average molecular weight is 189 g/mol. The lowest BCUT2D eigenvalue weighted by atomic mass is 10.2. The Labute approximate surface area is 83.1 Å². The van der Waals surface area contributed by atoms with Crippen molar-refractivity contribution < 1.29 is 9.53 Å². The van der Waals surface area contributed by atoms with E-state index in [-0.39, 0.29) is 19.2 Å². The van der Waals surface area contributed by atoms with Gasteiger partial charge in [0.25, 0.3) is 5.91 Å². The molecule has 0 unspecified atom stereocenters. The molecule has 1 rings (SSSR count). The van der Waals surface area contributed by atoms with E-state index in [4.69, 9.17) is 11.2 Å². The smallest absolute Gasteiger partial charge is 0.253 e. The zero-order valence-electron chi connectivity index (χ0n) is 7.69. The molecule has 1 aromatic carbocycles. The molecule has 1 N–H and O–H groups in total. The Morgan fingerprint density at radius 1 is 1.43 bits per heavy atom. The molecular formula is C11H11NO2. The van der Waals surface area contributed by atoms with Crippen LogP contribution in [0.15, 0.2) is 30.3 Å². The highest BCUT2D eigenvalue weighted by Crippen LogP contribution is 1.97. The maximum absolute atomic E-state index is 11.4. The summed E-state index contributed by atoms with van der Waals surface area (Å²) in [6, 6.07) is 8.92. The minimum atomic E-state index is -0.164. The van der Waals surface area contributed by atoms with Crippen LogP contribution in [0.1, 0.15) is 10.4 Å². The molecule has 0 saturated heterocycles. The molecule has 0 bridgehead atoms. The van der Waals surface area contributed by atoms with Crippen molar-refractivity contribution in [1.82, 2.24) is 5.32 Å². The lowest BCUT2D eigenvalue weighted by Gasteiger charge is -2.03. The van der Waals surface area contributed by atoms with Crippen LogP contribution in [0.25, 0.3) is 0 Å². The third kappa shape index (κ3) is 3.30. The predicted octanol–water partition coefficient (Wildman–Crippen LogP) is 1.02. The van der Waals surface area contributed by atoms with Gasteiger partial charge in [0.1, 0.15) is 13.3 Å². The molecule has 0 aromatic heterocycles. The fourth-order valence-corrected chi connectivity index (χ4v) is 0.918. The Balaban J connectivity index is 2.33. The summed E-state index contributed by atoms with van der Waals surface area (Å²) in [5.74, 6) is 2.14. The van der Waals surface area contributed by atoms with E-state index >= 15 is 0 Å². The summed E-state index contributed by atoms with van der Waals surface area (Å²) >= 11 is 0. The van der Waals surface area contributed by atoms with Gasteiger partial charge in [-0.2, -0.15) is 0 Å². The quantitative estimate of drug-likeness (QED) is 0.436. The van der Waals surface area contributed by atoms with Crippen molar-refractivity contribution in [2.75, 3.05) is 13.3 Å². The van der Waals surface area contributed by atoms with Gasteiger partial charge in [0, 0.05) is 5.56 Å². The second-order valence-electron chi connectivity index (χ2n) is 2.57. The molecule has 0 aliphatic rings. The Morgan fingerprint density at radius 2 is 2.14 bits per heavy atom. The number of rotatable bonds is 4. The van der Waals surface area contributed by atoms with Crippen LogP contribution in [0, 0.1) is 12.3 Å². The summed E-state index contributed by atoms with van der Waals surface area (Å²) in [5.41, 5.74) is 0.608. The summed E-state index contributed by atoms with van der Waals surface area (Å²) in [4.78, 5) is 11.4. The fourth-order valence-electron chi connectivity index (χ4n) is 0.918. The first-order valence-corrected chi connectivity index (χ1v) is 4.19. The van der Waals surface area contributed by atoms with Crippen LogP contribution in [-0.4, -0.2) is 19.2 Å². The van der Waals surface area contributed by atoms with Gasteiger partial charge < -0.3 is 10.1 Å². The van der Waals surface area contributed by atoms with Gasteiger partial charge >= 0.3 is 0 Å². The average Bonchev–Trinajstić information content (AvgIpc) is 2.25. The van der Waals surface area contributed by atoms with Crippen molar-refractivity contribution in [1.29, 1.82) is 0 Å². The molecule has 72 valence electrons. The molecule has 0 atom stereocenters. The Morgan fingerprint density at radius 3 is 2.79 bits per heavy atom. The number of ether oxygens (including phenoxy) is 1. The van der Waals surface area contributed by atoms with Crippen molar-refractivity contribution in [3.8, 4) is 12.3 Å². The van der Waals surface area contributed by atoms with E-state index in [1.54, 1.807) is 24.3 Å². The van der Waals surface area contributed by atoms with Gasteiger partial charge in [0.2, 0.25) is 0 Å². The van der Waals surface area contributed by atoms with Crippen molar-refractivity contribution in [2.45, 2.75) is 0 Å². The lowest BCUT2D eigenvalue weighted by molar-refractivity contribution is 0.0844. The van der Waals surface area contributed by atoms with Crippen molar-refractivity contribution in [3.05, 3.63) is 35.9 Å². The number of carbonyl (C=O) groups is 1. The number of hydrogen-bond acceptors (Lipinski definition) is 2. The first kappa shape index (κ1) is 10.3. The molecule has 0 saturated carbocycles. The van der Waals surface area contributed by atoms with Gasteiger partial charge in [0.15, 0.2) is 0 Å². The van der Waals surface area contributed by atoms with Crippen LogP contribution < -0.4 is 5.32 Å². The van der Waals surface area contributed by atoms with Crippen LogP contribution in [0.4, 0.5) is 0 Å². The van der Waals surface area contributed by atoms with Crippen LogP contribution in [0.3, 0.4) is 0 Å². The zero-order chi connectivity index (χ0) is 10.2. The highest BCUT2D eigenvalue weighted by Gasteiger charge is 2.01. The predicted molar refractivity (Wildman–Crippen MR) is 53.6 cm³/mol. The van der Waals surface area contributed by atoms with Crippen molar-refractivity contribution in [3.63, 3.8) is 0 Å². The van der Waals surface area contributed by atoms with Gasteiger partial charge in [-0.3, -0.25) is 4.79 Å². The van der Waals surface area contributed by atoms with Gasteiger partial charge in [-0.15, -0.1) is 6.42 Å². The molecule has 1 aromatic rings. The van der Waals surface area contributed by atoms with E-state index in [0.717, 1.165) is 0 Å². The topological polar surface area (TPSA) is 38.3 Å². The van der Waals surface area contributed by atoms with Gasteiger partial charge in [-0.05, 0) is 12.1 Å². The number of hydrogen-bond donors (Lipinski definition) is 1. The Kier molecular flexibility index (Phi) is 4.25. The van der Waals surface area contributed by atoms with E-state index in [1.165, 1.54) is 0 Å². The van der Waals surface area contributed by atoms with E-state index in [9.17, 15) is 4.79 Å². The molecule has 3 nitrogen and oxygen atoms in total. The van der Waals surface area contributed by atoms with Crippen molar-refractivity contribution in [2.24, 2.45) is 0 Å². The maximum Gasteiger partial charge on any atom is 0.253 e. The normalized spacial score (nSPS) is 9.07. The van der Waals surface area contributed by atoms with Crippen LogP contribution in [0.2, 0.25) is 0 Å². The van der Waals surface area contributed by atoms with Crippen molar-refractivity contribution >= 4 is 5.91 Å². The second kappa shape index (κ2) is 5.79. The first-order valence-electron chi connectivity index (χ1n) is 4.19. The van der Waals surface area contributed by atoms with Crippen LogP contribution in [-0.2, 0) is 4.74 Å². The third-order valence-electron chi connectivity index (χ3n) is 1.56. The SMILES string of the molecule is C#CCOCNC(=O)c1ccccc1. The third-order valence-corrected chi connectivity index (χ3v) is 1.56. The summed E-state index contributed by atoms with van der Waals surface area (Å²) in [6.07, 6.45) is 4.97. The first-order chi connectivity index (χ1) is 6.84. The minimum absolute atomic E-state index is 0.137. The summed E-state index contributed by atoms with van der Waals surface area (Å²) in [5, 5.41) is 2.58. The Hall–Kier alpha value is -1.79. The van der Waals surface area contributed by atoms with Gasteiger partial charge in [0.05, 0.1) is 0 Å². The Bertz CT molecular complexity index is 327. The molecule has 0 aliphatic heterocycles. The zero-order valence-corrected chi connectivity index (χ0v) is 7.69. The highest BCUT2D eigenvalue weighted by atomic mass is 16.5. The molecule has 3 heteroatoms. The monoisotopic (exact) mass is 189 g/mol. The molecule has 0 aliphatic carbocycles. The van der Waals surface area contributed by atoms with Gasteiger partial charge in [-0.25, -0.2) is 0 Å². The lowest BCUT2D eigenvalue weighted by Crippen LogP contribution is -2.26.